The van der Waals surface area contributed by atoms with Gasteiger partial charge in [0, 0.05) is 13.0 Å². The van der Waals surface area contributed by atoms with Crippen LogP contribution in [0, 0.1) is 0 Å². The van der Waals surface area contributed by atoms with Gasteiger partial charge < -0.3 is 5.32 Å². The summed E-state index contributed by atoms with van der Waals surface area (Å²) in [5.41, 5.74) is 4.64. The Kier molecular flexibility index (Phi) is 3.26. The molecular weight excluding hydrogens is 246 g/mol. The van der Waals surface area contributed by atoms with E-state index >= 15 is 0 Å². The highest BCUT2D eigenvalue weighted by atomic mass is 35.5. The molecule has 0 amide bonds. The van der Waals surface area contributed by atoms with Crippen molar-refractivity contribution in [2.75, 3.05) is 6.54 Å². The first kappa shape index (κ1) is 11.6. The molecule has 1 aliphatic heterocycles. The minimum absolute atomic E-state index is 0.350. The molecule has 1 aromatic carbocycles. The Balaban J connectivity index is 1.98. The molecule has 0 atom stereocenters. The quantitative estimate of drug-likeness (QED) is 0.842. The van der Waals surface area contributed by atoms with Crippen LogP contribution in [0.5, 0.6) is 0 Å². The van der Waals surface area contributed by atoms with Crippen LogP contribution in [0.1, 0.15) is 22.5 Å². The van der Waals surface area contributed by atoms with Crippen molar-refractivity contribution in [2.45, 2.75) is 19.4 Å². The predicted molar refractivity (Wildman–Crippen MR) is 71.7 cm³/mol. The summed E-state index contributed by atoms with van der Waals surface area (Å²) in [6.45, 7) is 1.78. The molecule has 18 heavy (non-hydrogen) atoms. The molecule has 1 aromatic heterocycles. The van der Waals surface area contributed by atoms with E-state index in [-0.39, 0.29) is 0 Å². The van der Waals surface area contributed by atoms with Crippen LogP contribution in [0.15, 0.2) is 30.3 Å². The molecule has 2 heterocycles. The largest absolute Gasteiger partial charge is 0.311 e. The normalized spacial score (nSPS) is 14.3. The maximum absolute atomic E-state index is 6.00. The van der Waals surface area contributed by atoms with E-state index in [1.165, 1.54) is 11.1 Å². The average Bonchev–Trinajstić information content (AvgIpc) is 2.40. The number of fused-ring (bicyclic) bond motifs is 1. The van der Waals surface area contributed by atoms with Crippen molar-refractivity contribution in [2.24, 2.45) is 0 Å². The third kappa shape index (κ3) is 2.37. The number of hydrogen-bond acceptors (Lipinski definition) is 3. The molecule has 0 aliphatic carbocycles. The van der Waals surface area contributed by atoms with Crippen molar-refractivity contribution < 1.29 is 0 Å². The summed E-state index contributed by atoms with van der Waals surface area (Å²) in [6, 6.07) is 10.3. The first-order valence-corrected chi connectivity index (χ1v) is 6.49. The Morgan fingerprint density at radius 1 is 1.17 bits per heavy atom. The maximum Gasteiger partial charge on any atom is 0.222 e. The van der Waals surface area contributed by atoms with Crippen molar-refractivity contribution in [3.63, 3.8) is 0 Å². The van der Waals surface area contributed by atoms with Gasteiger partial charge in [-0.1, -0.05) is 30.3 Å². The second-order valence-electron chi connectivity index (χ2n) is 4.45. The van der Waals surface area contributed by atoms with E-state index in [1.54, 1.807) is 0 Å². The van der Waals surface area contributed by atoms with Gasteiger partial charge in [0.1, 0.15) is 0 Å². The average molecular weight is 260 g/mol. The zero-order chi connectivity index (χ0) is 12.4. The lowest BCUT2D eigenvalue weighted by Gasteiger charge is -2.19. The van der Waals surface area contributed by atoms with Crippen LogP contribution in [0.2, 0.25) is 5.28 Å². The fourth-order valence-corrected chi connectivity index (χ4v) is 2.54. The molecule has 0 unspecified atom stereocenters. The molecule has 0 saturated carbocycles. The van der Waals surface area contributed by atoms with E-state index in [0.29, 0.717) is 5.28 Å². The van der Waals surface area contributed by atoms with Crippen LogP contribution < -0.4 is 5.32 Å². The Morgan fingerprint density at radius 2 is 2.00 bits per heavy atom. The van der Waals surface area contributed by atoms with Crippen molar-refractivity contribution in [1.29, 1.82) is 0 Å². The lowest BCUT2D eigenvalue weighted by atomic mass is 9.99. The molecule has 4 heteroatoms. The molecule has 3 rings (SSSR count). The molecule has 3 nitrogen and oxygen atoms in total. The Morgan fingerprint density at radius 3 is 2.83 bits per heavy atom. The van der Waals surface area contributed by atoms with E-state index in [1.807, 2.05) is 18.2 Å². The monoisotopic (exact) mass is 259 g/mol. The summed E-state index contributed by atoms with van der Waals surface area (Å²) in [5, 5.41) is 3.66. The summed E-state index contributed by atoms with van der Waals surface area (Å²) in [6.07, 6.45) is 1.81. The molecule has 0 fully saturated rings. The Labute approximate surface area is 111 Å². The molecular formula is C14H14ClN3. The Bertz CT molecular complexity index is 554. The third-order valence-corrected chi connectivity index (χ3v) is 3.38. The van der Waals surface area contributed by atoms with Gasteiger partial charge in [-0.15, -0.1) is 0 Å². The summed E-state index contributed by atoms with van der Waals surface area (Å²) < 4.78 is 0. The van der Waals surface area contributed by atoms with Gasteiger partial charge in [0.2, 0.25) is 5.28 Å². The molecule has 1 N–H and O–H groups in total. The summed E-state index contributed by atoms with van der Waals surface area (Å²) in [4.78, 5) is 8.72. The van der Waals surface area contributed by atoms with Gasteiger partial charge in [-0.25, -0.2) is 9.97 Å². The van der Waals surface area contributed by atoms with Gasteiger partial charge in [-0.3, -0.25) is 0 Å². The van der Waals surface area contributed by atoms with Crippen LogP contribution >= 0.6 is 11.6 Å². The maximum atomic E-state index is 6.00. The summed E-state index contributed by atoms with van der Waals surface area (Å²) >= 11 is 6.00. The minimum Gasteiger partial charge on any atom is -0.311 e. The highest BCUT2D eigenvalue weighted by Gasteiger charge is 2.16. The van der Waals surface area contributed by atoms with E-state index in [9.17, 15) is 0 Å². The molecule has 92 valence electrons. The van der Waals surface area contributed by atoms with Crippen molar-refractivity contribution in [1.82, 2.24) is 15.3 Å². The summed E-state index contributed by atoms with van der Waals surface area (Å²) in [5.74, 6) is 0. The highest BCUT2D eigenvalue weighted by molar-refractivity contribution is 6.28. The lowest BCUT2D eigenvalue weighted by Crippen LogP contribution is -2.26. The Hall–Kier alpha value is -1.45. The number of aromatic nitrogens is 2. The minimum atomic E-state index is 0.350. The van der Waals surface area contributed by atoms with Crippen LogP contribution in [0.3, 0.4) is 0 Å². The fraction of sp³-hybridized carbons (Fsp3) is 0.286. The topological polar surface area (TPSA) is 37.8 Å². The van der Waals surface area contributed by atoms with Gasteiger partial charge >= 0.3 is 0 Å². The highest BCUT2D eigenvalue weighted by Crippen LogP contribution is 2.20. The number of hydrogen-bond donors (Lipinski definition) is 1. The number of halogens is 1. The van der Waals surface area contributed by atoms with E-state index < -0.39 is 0 Å². The second kappa shape index (κ2) is 5.04. The molecule has 0 saturated heterocycles. The van der Waals surface area contributed by atoms with Gasteiger partial charge in [-0.2, -0.15) is 0 Å². The smallest absolute Gasteiger partial charge is 0.222 e. The standard InChI is InChI=1S/C14H14ClN3/c15-14-17-12(8-10-4-2-1-3-5-10)11-6-7-16-9-13(11)18-14/h1-5,16H,6-9H2. The van der Waals surface area contributed by atoms with Crippen LogP contribution in [0.4, 0.5) is 0 Å². The van der Waals surface area contributed by atoms with Crippen LogP contribution in [0.25, 0.3) is 0 Å². The van der Waals surface area contributed by atoms with Crippen LogP contribution in [-0.4, -0.2) is 16.5 Å². The van der Waals surface area contributed by atoms with Gasteiger partial charge in [0.15, 0.2) is 0 Å². The third-order valence-electron chi connectivity index (χ3n) is 3.21. The number of benzene rings is 1. The van der Waals surface area contributed by atoms with Gasteiger partial charge in [0.05, 0.1) is 11.4 Å². The van der Waals surface area contributed by atoms with Gasteiger partial charge in [0.25, 0.3) is 0 Å². The molecule has 0 bridgehead atoms. The van der Waals surface area contributed by atoms with E-state index in [0.717, 1.165) is 37.3 Å². The van der Waals surface area contributed by atoms with Crippen molar-refractivity contribution >= 4 is 11.6 Å². The van der Waals surface area contributed by atoms with E-state index in [2.05, 4.69) is 27.4 Å². The first-order valence-electron chi connectivity index (χ1n) is 6.12. The molecule has 2 aromatic rings. The lowest BCUT2D eigenvalue weighted by molar-refractivity contribution is 0.616. The van der Waals surface area contributed by atoms with Crippen LogP contribution in [-0.2, 0) is 19.4 Å². The second-order valence-corrected chi connectivity index (χ2v) is 4.79. The fourth-order valence-electron chi connectivity index (χ4n) is 2.34. The number of nitrogens with zero attached hydrogens (tertiary/aromatic N) is 2. The first-order chi connectivity index (χ1) is 8.83. The summed E-state index contributed by atoms with van der Waals surface area (Å²) in [7, 11) is 0. The van der Waals surface area contributed by atoms with Gasteiger partial charge in [-0.05, 0) is 35.7 Å². The SMILES string of the molecule is Clc1nc2c(c(Cc3ccccc3)n1)CCNC2. The zero-order valence-corrected chi connectivity index (χ0v) is 10.7. The van der Waals surface area contributed by atoms with Crippen molar-refractivity contribution in [3.05, 3.63) is 58.1 Å². The van der Waals surface area contributed by atoms with E-state index in [4.69, 9.17) is 11.6 Å². The predicted octanol–water partition coefficient (Wildman–Crippen LogP) is 2.37. The number of rotatable bonds is 2. The number of nitrogens with one attached hydrogen (secondary N) is 1. The zero-order valence-electron chi connectivity index (χ0n) is 9.99. The molecule has 1 aliphatic rings. The molecule has 0 spiro atoms. The van der Waals surface area contributed by atoms with Crippen molar-refractivity contribution in [3.8, 4) is 0 Å². The molecule has 0 radical (unpaired) electrons.